The van der Waals surface area contributed by atoms with Crippen LogP contribution in [0.3, 0.4) is 0 Å². The maximum absolute atomic E-state index is 12.0. The van der Waals surface area contributed by atoms with Gasteiger partial charge in [-0.1, -0.05) is 96.1 Å². The van der Waals surface area contributed by atoms with Gasteiger partial charge in [-0.05, 0) is 50.3 Å². The van der Waals surface area contributed by atoms with E-state index in [0.29, 0.717) is 25.2 Å². The van der Waals surface area contributed by atoms with Crippen LogP contribution in [-0.4, -0.2) is 18.5 Å². The van der Waals surface area contributed by atoms with Crippen molar-refractivity contribution in [3.63, 3.8) is 0 Å². The second-order valence-electron chi connectivity index (χ2n) is 9.41. The van der Waals surface area contributed by atoms with E-state index in [4.69, 9.17) is 9.47 Å². The molecule has 0 atom stereocenters. The maximum Gasteiger partial charge on any atom is 0.311 e. The van der Waals surface area contributed by atoms with Crippen molar-refractivity contribution < 1.29 is 19.1 Å². The van der Waals surface area contributed by atoms with Gasteiger partial charge in [-0.15, -0.1) is 0 Å². The van der Waals surface area contributed by atoms with Crippen molar-refractivity contribution >= 4 is 11.9 Å². The fourth-order valence-corrected chi connectivity index (χ4v) is 3.91. The first-order valence-corrected chi connectivity index (χ1v) is 13.5. The summed E-state index contributed by atoms with van der Waals surface area (Å²) >= 11 is 0. The summed E-state index contributed by atoms with van der Waals surface area (Å²) in [6.07, 6.45) is 18.4. The second-order valence-corrected chi connectivity index (χ2v) is 9.41. The number of carbonyl (C=O) groups excluding carboxylic acids is 2. The first kappa shape index (κ1) is 29.2. The summed E-state index contributed by atoms with van der Waals surface area (Å²) in [5.41, 5.74) is 2.08. The number of esters is 2. The number of carbonyl (C=O) groups is 2. The third kappa shape index (κ3) is 16.4. The highest BCUT2D eigenvalue weighted by Gasteiger charge is 2.08. The van der Waals surface area contributed by atoms with E-state index >= 15 is 0 Å². The molecule has 0 aliphatic carbocycles. The average Bonchev–Trinajstić information content (AvgIpc) is 2.79. The summed E-state index contributed by atoms with van der Waals surface area (Å²) in [4.78, 5) is 23.8. The molecule has 0 radical (unpaired) electrons. The van der Waals surface area contributed by atoms with Crippen LogP contribution in [0.1, 0.15) is 127 Å². The Balaban J connectivity index is 1.87. The van der Waals surface area contributed by atoms with Crippen LogP contribution in [0.15, 0.2) is 18.2 Å². The van der Waals surface area contributed by atoms with E-state index in [9.17, 15) is 9.59 Å². The standard InChI is InChI=1S/C29H48O4/c1-4-5-6-7-8-9-12-15-18-23-32-28(30)19-16-13-10-11-14-17-20-29(31)33-27-24-25(2)21-22-26(27)3/h21-22,24H,4-20,23H2,1-3H3. The zero-order chi connectivity index (χ0) is 24.2. The lowest BCUT2D eigenvalue weighted by Crippen LogP contribution is -2.08. The minimum absolute atomic E-state index is 0.0521. The number of benzene rings is 1. The van der Waals surface area contributed by atoms with E-state index in [1.54, 1.807) is 0 Å². The van der Waals surface area contributed by atoms with Crippen molar-refractivity contribution in [1.82, 2.24) is 0 Å². The second kappa shape index (κ2) is 19.6. The molecule has 0 saturated heterocycles. The van der Waals surface area contributed by atoms with Gasteiger partial charge < -0.3 is 9.47 Å². The van der Waals surface area contributed by atoms with Gasteiger partial charge in [0, 0.05) is 12.8 Å². The van der Waals surface area contributed by atoms with Gasteiger partial charge in [-0.25, -0.2) is 0 Å². The third-order valence-corrected chi connectivity index (χ3v) is 6.09. The Morgan fingerprint density at radius 1 is 0.667 bits per heavy atom. The number of hydrogen-bond acceptors (Lipinski definition) is 4. The predicted octanol–water partition coefficient (Wildman–Crippen LogP) is 8.40. The molecule has 0 aromatic heterocycles. The van der Waals surface area contributed by atoms with Crippen molar-refractivity contribution in [3.05, 3.63) is 29.3 Å². The van der Waals surface area contributed by atoms with Crippen molar-refractivity contribution in [3.8, 4) is 5.75 Å². The fourth-order valence-electron chi connectivity index (χ4n) is 3.91. The highest BCUT2D eigenvalue weighted by molar-refractivity contribution is 5.72. The monoisotopic (exact) mass is 460 g/mol. The van der Waals surface area contributed by atoms with Crippen LogP contribution in [0.4, 0.5) is 0 Å². The number of ether oxygens (including phenoxy) is 2. The molecule has 0 unspecified atom stereocenters. The maximum atomic E-state index is 12.0. The molecule has 4 nitrogen and oxygen atoms in total. The molecule has 0 N–H and O–H groups in total. The Labute approximate surface area is 202 Å². The van der Waals surface area contributed by atoms with Crippen LogP contribution in [0.5, 0.6) is 5.75 Å². The molecule has 1 aromatic carbocycles. The average molecular weight is 461 g/mol. The van der Waals surface area contributed by atoms with Gasteiger partial charge in [0.15, 0.2) is 0 Å². The highest BCUT2D eigenvalue weighted by Crippen LogP contribution is 2.20. The highest BCUT2D eigenvalue weighted by atomic mass is 16.5. The molecule has 0 amide bonds. The van der Waals surface area contributed by atoms with Gasteiger partial charge in [-0.3, -0.25) is 9.59 Å². The fraction of sp³-hybridized carbons (Fsp3) is 0.724. The molecule has 1 aromatic rings. The Morgan fingerprint density at radius 3 is 1.79 bits per heavy atom. The Kier molecular flexibility index (Phi) is 17.4. The summed E-state index contributed by atoms with van der Waals surface area (Å²) in [5.74, 6) is 0.465. The number of aryl methyl sites for hydroxylation is 2. The molecule has 0 aliphatic heterocycles. The molecule has 0 spiro atoms. The van der Waals surface area contributed by atoms with E-state index in [1.165, 1.54) is 51.4 Å². The summed E-state index contributed by atoms with van der Waals surface area (Å²) in [5, 5.41) is 0. The van der Waals surface area contributed by atoms with Crippen molar-refractivity contribution in [1.29, 1.82) is 0 Å². The SMILES string of the molecule is CCCCCCCCCCCOC(=O)CCCCCCCCC(=O)Oc1cc(C)ccc1C. The summed E-state index contributed by atoms with van der Waals surface area (Å²) < 4.78 is 10.8. The summed E-state index contributed by atoms with van der Waals surface area (Å²) in [6, 6.07) is 5.91. The van der Waals surface area contributed by atoms with Gasteiger partial charge in [0.25, 0.3) is 0 Å². The van der Waals surface area contributed by atoms with E-state index in [0.717, 1.165) is 56.1 Å². The summed E-state index contributed by atoms with van der Waals surface area (Å²) in [7, 11) is 0. The van der Waals surface area contributed by atoms with E-state index in [2.05, 4.69) is 6.92 Å². The quantitative estimate of drug-likeness (QED) is 0.111. The summed E-state index contributed by atoms with van der Waals surface area (Å²) in [6.45, 7) is 6.77. The smallest absolute Gasteiger partial charge is 0.311 e. The molecular formula is C29H48O4. The number of unbranched alkanes of at least 4 members (excludes halogenated alkanes) is 13. The molecule has 0 heterocycles. The molecule has 0 fully saturated rings. The molecule has 0 saturated carbocycles. The zero-order valence-electron chi connectivity index (χ0n) is 21.6. The molecule has 1 rings (SSSR count). The van der Waals surface area contributed by atoms with Crippen LogP contribution in [-0.2, 0) is 14.3 Å². The van der Waals surface area contributed by atoms with Crippen molar-refractivity contribution in [2.75, 3.05) is 6.61 Å². The van der Waals surface area contributed by atoms with Crippen LogP contribution in [0, 0.1) is 13.8 Å². The van der Waals surface area contributed by atoms with Gasteiger partial charge in [0.05, 0.1) is 6.61 Å². The predicted molar refractivity (Wildman–Crippen MR) is 137 cm³/mol. The topological polar surface area (TPSA) is 52.6 Å². The van der Waals surface area contributed by atoms with Crippen LogP contribution >= 0.6 is 0 Å². The molecule has 0 aliphatic rings. The first-order valence-electron chi connectivity index (χ1n) is 13.5. The van der Waals surface area contributed by atoms with Crippen molar-refractivity contribution in [2.45, 2.75) is 130 Å². The lowest BCUT2D eigenvalue weighted by molar-refractivity contribution is -0.144. The molecule has 4 heteroatoms. The molecule has 188 valence electrons. The van der Waals surface area contributed by atoms with Gasteiger partial charge >= 0.3 is 11.9 Å². The number of rotatable bonds is 20. The largest absolute Gasteiger partial charge is 0.466 e. The minimum Gasteiger partial charge on any atom is -0.466 e. The van der Waals surface area contributed by atoms with Gasteiger partial charge in [0.1, 0.15) is 5.75 Å². The zero-order valence-corrected chi connectivity index (χ0v) is 21.6. The molecule has 33 heavy (non-hydrogen) atoms. The Bertz CT molecular complexity index is 653. The third-order valence-electron chi connectivity index (χ3n) is 6.09. The normalized spacial score (nSPS) is 10.9. The van der Waals surface area contributed by atoms with E-state index < -0.39 is 0 Å². The lowest BCUT2D eigenvalue weighted by atomic mass is 10.1. The van der Waals surface area contributed by atoms with Crippen LogP contribution in [0.25, 0.3) is 0 Å². The molecule has 0 bridgehead atoms. The van der Waals surface area contributed by atoms with Gasteiger partial charge in [0.2, 0.25) is 0 Å². The Morgan fingerprint density at radius 2 is 1.18 bits per heavy atom. The van der Waals surface area contributed by atoms with E-state index in [-0.39, 0.29) is 11.9 Å². The van der Waals surface area contributed by atoms with Crippen molar-refractivity contribution in [2.24, 2.45) is 0 Å². The van der Waals surface area contributed by atoms with Crippen LogP contribution in [0.2, 0.25) is 0 Å². The molecular weight excluding hydrogens is 412 g/mol. The lowest BCUT2D eigenvalue weighted by Gasteiger charge is -2.08. The van der Waals surface area contributed by atoms with Gasteiger partial charge in [-0.2, -0.15) is 0 Å². The minimum atomic E-state index is -0.154. The first-order chi connectivity index (χ1) is 16.0. The Hall–Kier alpha value is -1.84. The van der Waals surface area contributed by atoms with E-state index in [1.807, 2.05) is 32.0 Å². The van der Waals surface area contributed by atoms with Crippen LogP contribution < -0.4 is 4.74 Å². The number of hydrogen-bond donors (Lipinski definition) is 0.